The van der Waals surface area contributed by atoms with Gasteiger partial charge in [0.15, 0.2) is 0 Å². The summed E-state index contributed by atoms with van der Waals surface area (Å²) >= 11 is 0. The molecule has 0 aromatic heterocycles. The van der Waals surface area contributed by atoms with Crippen LogP contribution in [0.5, 0.6) is 5.75 Å². The second-order valence-corrected chi connectivity index (χ2v) is 5.16. The lowest BCUT2D eigenvalue weighted by Gasteiger charge is -2.11. The standard InChI is InChI=1S/C18H21N3O2/c1-13-7-6-8-14(2)18(13)19-12-17(22)21-20-11-15-9-4-5-10-16(15)23-3/h4-11,19H,12H2,1-3H3,(H,21,22)/b20-11+. The number of methoxy groups -OCH3 is 1. The van der Waals surface area contributed by atoms with E-state index in [1.807, 2.05) is 56.3 Å². The molecule has 0 saturated carbocycles. The Labute approximate surface area is 136 Å². The third kappa shape index (κ3) is 4.57. The number of hydrogen-bond donors (Lipinski definition) is 2. The Bertz CT molecular complexity index is 691. The highest BCUT2D eigenvalue weighted by Gasteiger charge is 2.04. The fraction of sp³-hybridized carbons (Fsp3) is 0.222. The number of amides is 1. The van der Waals surface area contributed by atoms with Gasteiger partial charge in [-0.25, -0.2) is 5.43 Å². The van der Waals surface area contributed by atoms with Gasteiger partial charge in [-0.2, -0.15) is 5.10 Å². The zero-order valence-electron chi connectivity index (χ0n) is 13.6. The molecule has 0 unspecified atom stereocenters. The van der Waals surface area contributed by atoms with Crippen LogP contribution in [-0.2, 0) is 4.79 Å². The summed E-state index contributed by atoms with van der Waals surface area (Å²) in [4.78, 5) is 11.9. The first-order valence-electron chi connectivity index (χ1n) is 7.37. The SMILES string of the molecule is COc1ccccc1/C=N/NC(=O)CNc1c(C)cccc1C. The Balaban J connectivity index is 1.89. The van der Waals surface area contributed by atoms with E-state index in [-0.39, 0.29) is 12.5 Å². The van der Waals surface area contributed by atoms with E-state index in [1.54, 1.807) is 13.3 Å². The minimum atomic E-state index is -0.209. The molecule has 0 fully saturated rings. The van der Waals surface area contributed by atoms with Crippen LogP contribution in [0.3, 0.4) is 0 Å². The Morgan fingerprint density at radius 1 is 1.13 bits per heavy atom. The number of anilines is 1. The highest BCUT2D eigenvalue weighted by molar-refractivity contribution is 5.86. The third-order valence-corrected chi connectivity index (χ3v) is 3.44. The molecule has 0 bridgehead atoms. The summed E-state index contributed by atoms with van der Waals surface area (Å²) in [5.74, 6) is 0.498. The maximum Gasteiger partial charge on any atom is 0.259 e. The largest absolute Gasteiger partial charge is 0.496 e. The van der Waals surface area contributed by atoms with Crippen LogP contribution in [0, 0.1) is 13.8 Å². The van der Waals surface area contributed by atoms with Gasteiger partial charge in [-0.15, -0.1) is 0 Å². The van der Waals surface area contributed by atoms with Gasteiger partial charge in [0, 0.05) is 11.3 Å². The van der Waals surface area contributed by atoms with E-state index in [2.05, 4.69) is 15.8 Å². The molecule has 2 aromatic rings. The van der Waals surface area contributed by atoms with Crippen molar-refractivity contribution in [1.82, 2.24) is 5.43 Å². The summed E-state index contributed by atoms with van der Waals surface area (Å²) < 4.78 is 5.22. The molecule has 0 spiro atoms. The first kappa shape index (κ1) is 16.5. The Hall–Kier alpha value is -2.82. The van der Waals surface area contributed by atoms with Crippen LogP contribution >= 0.6 is 0 Å². The topological polar surface area (TPSA) is 62.7 Å². The van der Waals surface area contributed by atoms with E-state index in [1.165, 1.54) is 0 Å². The summed E-state index contributed by atoms with van der Waals surface area (Å²) in [5.41, 5.74) is 6.50. The van der Waals surface area contributed by atoms with E-state index < -0.39 is 0 Å². The van der Waals surface area contributed by atoms with Crippen LogP contribution < -0.4 is 15.5 Å². The van der Waals surface area contributed by atoms with Gasteiger partial charge >= 0.3 is 0 Å². The van der Waals surface area contributed by atoms with Gasteiger partial charge in [-0.3, -0.25) is 4.79 Å². The number of hydrazone groups is 1. The first-order valence-corrected chi connectivity index (χ1v) is 7.37. The zero-order chi connectivity index (χ0) is 16.7. The summed E-state index contributed by atoms with van der Waals surface area (Å²) in [6.07, 6.45) is 1.57. The third-order valence-electron chi connectivity index (χ3n) is 3.44. The number of nitrogens with one attached hydrogen (secondary N) is 2. The lowest BCUT2D eigenvalue weighted by molar-refractivity contribution is -0.119. The van der Waals surface area contributed by atoms with Crippen molar-refractivity contribution in [2.45, 2.75) is 13.8 Å². The van der Waals surface area contributed by atoms with Gasteiger partial charge in [0.25, 0.3) is 5.91 Å². The normalized spacial score (nSPS) is 10.6. The van der Waals surface area contributed by atoms with Gasteiger partial charge in [0.1, 0.15) is 5.75 Å². The van der Waals surface area contributed by atoms with Crippen LogP contribution in [0.15, 0.2) is 47.6 Å². The molecule has 0 atom stereocenters. The van der Waals surface area contributed by atoms with Crippen molar-refractivity contribution in [3.8, 4) is 5.75 Å². The zero-order valence-corrected chi connectivity index (χ0v) is 13.6. The molecule has 1 amide bonds. The average molecular weight is 311 g/mol. The van der Waals surface area contributed by atoms with Gasteiger partial charge in [-0.1, -0.05) is 30.3 Å². The maximum absolute atomic E-state index is 11.9. The number of carbonyl (C=O) groups is 1. The average Bonchev–Trinajstić information content (AvgIpc) is 2.55. The highest BCUT2D eigenvalue weighted by Crippen LogP contribution is 2.18. The molecule has 0 aliphatic rings. The van der Waals surface area contributed by atoms with Gasteiger partial charge in [0.05, 0.1) is 19.9 Å². The smallest absolute Gasteiger partial charge is 0.259 e. The molecule has 23 heavy (non-hydrogen) atoms. The molecule has 0 aliphatic heterocycles. The number of benzene rings is 2. The molecule has 0 saturated heterocycles. The summed E-state index contributed by atoms with van der Waals surface area (Å²) in [6, 6.07) is 13.5. The molecule has 2 N–H and O–H groups in total. The van der Waals surface area contributed by atoms with E-state index in [4.69, 9.17) is 4.74 Å². The van der Waals surface area contributed by atoms with E-state index in [9.17, 15) is 4.79 Å². The lowest BCUT2D eigenvalue weighted by atomic mass is 10.1. The molecule has 0 heterocycles. The number of ether oxygens (including phenoxy) is 1. The minimum absolute atomic E-state index is 0.162. The Kier molecular flexibility index (Phi) is 5.74. The van der Waals surface area contributed by atoms with Gasteiger partial charge in [0.2, 0.25) is 0 Å². The van der Waals surface area contributed by atoms with Crippen molar-refractivity contribution in [2.24, 2.45) is 5.10 Å². The lowest BCUT2D eigenvalue weighted by Crippen LogP contribution is -2.26. The quantitative estimate of drug-likeness (QED) is 0.637. The predicted molar refractivity (Wildman–Crippen MR) is 93.1 cm³/mol. The molecule has 120 valence electrons. The number of carbonyl (C=O) groups excluding carboxylic acids is 1. The second-order valence-electron chi connectivity index (χ2n) is 5.16. The molecule has 0 radical (unpaired) electrons. The van der Waals surface area contributed by atoms with Crippen LogP contribution in [0.25, 0.3) is 0 Å². The molecule has 2 aromatic carbocycles. The summed E-state index contributed by atoms with van der Waals surface area (Å²) in [6.45, 7) is 4.18. The summed E-state index contributed by atoms with van der Waals surface area (Å²) in [7, 11) is 1.60. The van der Waals surface area contributed by atoms with Crippen LogP contribution in [0.4, 0.5) is 5.69 Å². The number of hydrogen-bond acceptors (Lipinski definition) is 4. The van der Waals surface area contributed by atoms with Crippen molar-refractivity contribution in [3.05, 3.63) is 59.2 Å². The number of aryl methyl sites for hydroxylation is 2. The minimum Gasteiger partial charge on any atom is -0.496 e. The predicted octanol–water partition coefficient (Wildman–Crippen LogP) is 2.87. The second kappa shape index (κ2) is 7.98. The highest BCUT2D eigenvalue weighted by atomic mass is 16.5. The van der Waals surface area contributed by atoms with Crippen LogP contribution in [0.1, 0.15) is 16.7 Å². The van der Waals surface area contributed by atoms with E-state index >= 15 is 0 Å². The summed E-state index contributed by atoms with van der Waals surface area (Å²) in [5, 5.41) is 7.10. The van der Waals surface area contributed by atoms with Crippen molar-refractivity contribution >= 4 is 17.8 Å². The van der Waals surface area contributed by atoms with Gasteiger partial charge < -0.3 is 10.1 Å². The fourth-order valence-corrected chi connectivity index (χ4v) is 2.25. The Morgan fingerprint density at radius 2 is 1.83 bits per heavy atom. The van der Waals surface area contributed by atoms with Crippen molar-refractivity contribution in [2.75, 3.05) is 19.0 Å². The first-order chi connectivity index (χ1) is 11.1. The maximum atomic E-state index is 11.9. The van der Waals surface area contributed by atoms with Crippen molar-refractivity contribution in [1.29, 1.82) is 0 Å². The van der Waals surface area contributed by atoms with Crippen molar-refractivity contribution in [3.63, 3.8) is 0 Å². The number of para-hydroxylation sites is 2. The van der Waals surface area contributed by atoms with Gasteiger partial charge in [-0.05, 0) is 37.1 Å². The van der Waals surface area contributed by atoms with Crippen molar-refractivity contribution < 1.29 is 9.53 Å². The number of rotatable bonds is 6. The Morgan fingerprint density at radius 3 is 2.52 bits per heavy atom. The number of nitrogens with zero attached hydrogens (tertiary/aromatic N) is 1. The molecule has 0 aliphatic carbocycles. The van der Waals surface area contributed by atoms with Crippen LogP contribution in [0.2, 0.25) is 0 Å². The fourth-order valence-electron chi connectivity index (χ4n) is 2.25. The van der Waals surface area contributed by atoms with Crippen LogP contribution in [-0.4, -0.2) is 25.8 Å². The van der Waals surface area contributed by atoms with E-state index in [0.29, 0.717) is 5.75 Å². The monoisotopic (exact) mass is 311 g/mol. The molecule has 5 heteroatoms. The molecular weight excluding hydrogens is 290 g/mol. The molecular formula is C18H21N3O2. The molecule has 5 nitrogen and oxygen atoms in total. The van der Waals surface area contributed by atoms with E-state index in [0.717, 1.165) is 22.4 Å². The molecule has 2 rings (SSSR count).